The predicted octanol–water partition coefficient (Wildman–Crippen LogP) is 3.52. The predicted molar refractivity (Wildman–Crippen MR) is 73.4 cm³/mol. The maximum atomic E-state index is 11.7. The third-order valence-electron chi connectivity index (χ3n) is 2.51. The first-order valence-corrected chi connectivity index (χ1v) is 6.93. The summed E-state index contributed by atoms with van der Waals surface area (Å²) in [6, 6.07) is 1.92. The SMILES string of the molecule is CCC(C)(C)CNC(=O)c1csc(I)c1. The zero-order valence-corrected chi connectivity index (χ0v) is 12.2. The molecule has 0 aliphatic carbocycles. The molecule has 0 radical (unpaired) electrons. The fourth-order valence-corrected chi connectivity index (χ4v) is 2.30. The van der Waals surface area contributed by atoms with Crippen molar-refractivity contribution >= 4 is 39.8 Å². The number of hydrogen-bond acceptors (Lipinski definition) is 2. The summed E-state index contributed by atoms with van der Waals surface area (Å²) in [4.78, 5) is 11.7. The lowest BCUT2D eigenvalue weighted by Crippen LogP contribution is -2.33. The maximum Gasteiger partial charge on any atom is 0.252 e. The molecule has 1 N–H and O–H groups in total. The number of halogens is 1. The van der Waals surface area contributed by atoms with Gasteiger partial charge < -0.3 is 5.32 Å². The summed E-state index contributed by atoms with van der Waals surface area (Å²) in [6.45, 7) is 7.18. The second kappa shape index (κ2) is 5.30. The van der Waals surface area contributed by atoms with Crippen LogP contribution in [0.5, 0.6) is 0 Å². The van der Waals surface area contributed by atoms with Gasteiger partial charge in [0.1, 0.15) is 0 Å². The maximum absolute atomic E-state index is 11.7. The first-order valence-electron chi connectivity index (χ1n) is 4.97. The Kier molecular flexibility index (Phi) is 4.58. The molecule has 0 aromatic carbocycles. The van der Waals surface area contributed by atoms with Gasteiger partial charge in [-0.2, -0.15) is 0 Å². The van der Waals surface area contributed by atoms with Crippen molar-refractivity contribution in [2.45, 2.75) is 27.2 Å². The van der Waals surface area contributed by atoms with E-state index in [0.717, 1.165) is 21.4 Å². The topological polar surface area (TPSA) is 29.1 Å². The van der Waals surface area contributed by atoms with Crippen molar-refractivity contribution in [3.63, 3.8) is 0 Å². The largest absolute Gasteiger partial charge is 0.351 e. The first-order chi connectivity index (χ1) is 6.94. The van der Waals surface area contributed by atoms with Crippen molar-refractivity contribution in [3.8, 4) is 0 Å². The molecule has 15 heavy (non-hydrogen) atoms. The highest BCUT2D eigenvalue weighted by atomic mass is 127. The fourth-order valence-electron chi connectivity index (χ4n) is 0.976. The van der Waals surface area contributed by atoms with E-state index in [0.29, 0.717) is 0 Å². The molecule has 2 nitrogen and oxygen atoms in total. The Balaban J connectivity index is 2.50. The molecule has 84 valence electrons. The number of amides is 1. The summed E-state index contributed by atoms with van der Waals surface area (Å²) in [7, 11) is 0. The van der Waals surface area contributed by atoms with Crippen molar-refractivity contribution in [3.05, 3.63) is 19.9 Å². The van der Waals surface area contributed by atoms with Gasteiger partial charge in [0.05, 0.1) is 8.45 Å². The highest BCUT2D eigenvalue weighted by Crippen LogP contribution is 2.19. The lowest BCUT2D eigenvalue weighted by atomic mass is 9.90. The molecule has 0 aliphatic heterocycles. The number of hydrogen-bond donors (Lipinski definition) is 1. The van der Waals surface area contributed by atoms with Crippen LogP contribution in [0.2, 0.25) is 0 Å². The smallest absolute Gasteiger partial charge is 0.252 e. The van der Waals surface area contributed by atoms with Gasteiger partial charge in [-0.25, -0.2) is 0 Å². The molecule has 0 spiro atoms. The summed E-state index contributed by atoms with van der Waals surface area (Å²) in [5.74, 6) is 0.0377. The third-order valence-corrected chi connectivity index (χ3v) is 4.30. The molecule has 0 unspecified atom stereocenters. The second-order valence-corrected chi connectivity index (χ2v) is 7.15. The monoisotopic (exact) mass is 337 g/mol. The van der Waals surface area contributed by atoms with Crippen molar-refractivity contribution in [1.82, 2.24) is 5.32 Å². The molecule has 1 rings (SSSR count). The molecular formula is C11H16INOS. The Hall–Kier alpha value is -0.100. The van der Waals surface area contributed by atoms with Crippen molar-refractivity contribution < 1.29 is 4.79 Å². The first kappa shape index (κ1) is 13.0. The van der Waals surface area contributed by atoms with Crippen molar-refractivity contribution in [2.24, 2.45) is 5.41 Å². The Labute approximate surface area is 109 Å². The van der Waals surface area contributed by atoms with Crippen LogP contribution >= 0.6 is 33.9 Å². The standard InChI is InChI=1S/C11H16INOS/c1-4-11(2,3)7-13-10(14)8-5-9(12)15-6-8/h5-6H,4,7H2,1-3H3,(H,13,14). The summed E-state index contributed by atoms with van der Waals surface area (Å²) >= 11 is 3.82. The van der Waals surface area contributed by atoms with Gasteiger partial charge in [-0.15, -0.1) is 11.3 Å². The van der Waals surface area contributed by atoms with Crippen LogP contribution < -0.4 is 5.32 Å². The van der Waals surface area contributed by atoms with Crippen LogP contribution in [0.15, 0.2) is 11.4 Å². The number of thiophene rings is 1. The van der Waals surface area contributed by atoms with Crippen LogP contribution in [0.3, 0.4) is 0 Å². The van der Waals surface area contributed by atoms with Gasteiger partial charge in [-0.1, -0.05) is 20.8 Å². The minimum absolute atomic E-state index is 0.0377. The molecule has 0 saturated carbocycles. The van der Waals surface area contributed by atoms with Crippen LogP contribution in [0.4, 0.5) is 0 Å². The summed E-state index contributed by atoms with van der Waals surface area (Å²) in [6.07, 6.45) is 1.06. The zero-order valence-electron chi connectivity index (χ0n) is 9.26. The second-order valence-electron chi connectivity index (χ2n) is 4.34. The van der Waals surface area contributed by atoms with E-state index in [1.54, 1.807) is 11.3 Å². The Morgan fingerprint density at radius 3 is 2.73 bits per heavy atom. The Bertz CT molecular complexity index is 346. The van der Waals surface area contributed by atoms with Gasteiger partial charge in [0.25, 0.3) is 5.91 Å². The van der Waals surface area contributed by atoms with Crippen LogP contribution in [-0.2, 0) is 0 Å². The number of carbonyl (C=O) groups excluding carboxylic acids is 1. The van der Waals surface area contributed by atoms with Gasteiger partial charge >= 0.3 is 0 Å². The molecule has 0 fully saturated rings. The van der Waals surface area contributed by atoms with Crippen LogP contribution in [0.1, 0.15) is 37.6 Å². The molecule has 0 bridgehead atoms. The normalized spacial score (nSPS) is 11.5. The Morgan fingerprint density at radius 1 is 1.60 bits per heavy atom. The van der Waals surface area contributed by atoms with Crippen LogP contribution in [0.25, 0.3) is 0 Å². The lowest BCUT2D eigenvalue weighted by Gasteiger charge is -2.22. The molecule has 1 aromatic rings. The van der Waals surface area contributed by atoms with Gasteiger partial charge in [-0.05, 0) is 40.5 Å². The summed E-state index contributed by atoms with van der Waals surface area (Å²) in [5.41, 5.74) is 0.954. The van der Waals surface area contributed by atoms with Gasteiger partial charge in [-0.3, -0.25) is 4.79 Å². The van der Waals surface area contributed by atoms with E-state index in [2.05, 4.69) is 48.7 Å². The van der Waals surface area contributed by atoms with E-state index in [1.807, 2.05) is 11.4 Å². The van der Waals surface area contributed by atoms with Crippen LogP contribution in [-0.4, -0.2) is 12.5 Å². The summed E-state index contributed by atoms with van der Waals surface area (Å²) < 4.78 is 1.15. The average Bonchev–Trinajstić information content (AvgIpc) is 2.61. The molecule has 0 atom stereocenters. The van der Waals surface area contributed by atoms with Gasteiger partial charge in [0.2, 0.25) is 0 Å². The Morgan fingerprint density at radius 2 is 2.27 bits per heavy atom. The van der Waals surface area contributed by atoms with Crippen molar-refractivity contribution in [1.29, 1.82) is 0 Å². The van der Waals surface area contributed by atoms with Gasteiger partial charge in [0.15, 0.2) is 0 Å². The van der Waals surface area contributed by atoms with E-state index in [4.69, 9.17) is 0 Å². The summed E-state index contributed by atoms with van der Waals surface area (Å²) in [5, 5.41) is 4.87. The molecule has 1 amide bonds. The fraction of sp³-hybridized carbons (Fsp3) is 0.545. The molecule has 1 aromatic heterocycles. The van der Waals surface area contributed by atoms with E-state index in [-0.39, 0.29) is 11.3 Å². The number of carbonyl (C=O) groups is 1. The van der Waals surface area contributed by atoms with E-state index >= 15 is 0 Å². The highest BCUT2D eigenvalue weighted by Gasteiger charge is 2.17. The molecule has 0 aliphatic rings. The average molecular weight is 337 g/mol. The van der Waals surface area contributed by atoms with E-state index in [9.17, 15) is 4.79 Å². The highest BCUT2D eigenvalue weighted by molar-refractivity contribution is 14.1. The molecule has 0 saturated heterocycles. The number of rotatable bonds is 4. The minimum atomic E-state index is 0.0377. The quantitative estimate of drug-likeness (QED) is 0.837. The lowest BCUT2D eigenvalue weighted by molar-refractivity contribution is 0.0936. The van der Waals surface area contributed by atoms with Crippen LogP contribution in [0, 0.1) is 8.30 Å². The number of nitrogens with one attached hydrogen (secondary N) is 1. The van der Waals surface area contributed by atoms with E-state index < -0.39 is 0 Å². The third kappa shape index (κ3) is 4.10. The van der Waals surface area contributed by atoms with E-state index in [1.165, 1.54) is 0 Å². The van der Waals surface area contributed by atoms with Gasteiger partial charge in [0, 0.05) is 11.9 Å². The zero-order chi connectivity index (χ0) is 11.5. The molecular weight excluding hydrogens is 321 g/mol. The molecule has 4 heteroatoms. The molecule has 1 heterocycles. The minimum Gasteiger partial charge on any atom is -0.351 e. The van der Waals surface area contributed by atoms with Crippen molar-refractivity contribution in [2.75, 3.05) is 6.54 Å².